The normalized spacial score (nSPS) is 11.0. The molecular formula is C28H27N7O2. The van der Waals surface area contributed by atoms with Gasteiger partial charge in [0.25, 0.3) is 0 Å². The van der Waals surface area contributed by atoms with Crippen LogP contribution in [0.15, 0.2) is 72.9 Å². The van der Waals surface area contributed by atoms with E-state index in [1.807, 2.05) is 36.4 Å². The van der Waals surface area contributed by atoms with Gasteiger partial charge in [-0.15, -0.1) is 10.2 Å². The summed E-state index contributed by atoms with van der Waals surface area (Å²) in [6.45, 7) is 5.59. The molecule has 9 heteroatoms. The van der Waals surface area contributed by atoms with Crippen molar-refractivity contribution in [3.63, 3.8) is 0 Å². The number of fused-ring (bicyclic) bond motifs is 1. The van der Waals surface area contributed by atoms with E-state index in [4.69, 9.17) is 9.72 Å². The van der Waals surface area contributed by atoms with Crippen molar-refractivity contribution >= 4 is 22.7 Å². The summed E-state index contributed by atoms with van der Waals surface area (Å²) in [5.41, 5.74) is 5.10. The van der Waals surface area contributed by atoms with Gasteiger partial charge in [-0.1, -0.05) is 43.3 Å². The van der Waals surface area contributed by atoms with Crippen molar-refractivity contribution in [1.82, 2.24) is 30.6 Å². The summed E-state index contributed by atoms with van der Waals surface area (Å²) in [6.07, 6.45) is 2.62. The number of rotatable bonds is 9. The maximum atomic E-state index is 12.5. The Morgan fingerprint density at radius 2 is 1.86 bits per heavy atom. The lowest BCUT2D eigenvalue weighted by atomic mass is 10.0. The minimum Gasteiger partial charge on any atom is -0.462 e. The summed E-state index contributed by atoms with van der Waals surface area (Å²) in [7, 11) is 0. The van der Waals surface area contributed by atoms with Gasteiger partial charge in [-0.05, 0) is 54.5 Å². The Bertz CT molecular complexity index is 1520. The lowest BCUT2D eigenvalue weighted by Gasteiger charge is -2.25. The number of tetrazole rings is 1. The number of aromatic nitrogens is 6. The van der Waals surface area contributed by atoms with E-state index in [0.29, 0.717) is 30.4 Å². The minimum atomic E-state index is -0.358. The van der Waals surface area contributed by atoms with E-state index in [1.54, 1.807) is 25.3 Å². The van der Waals surface area contributed by atoms with Gasteiger partial charge in [0.2, 0.25) is 5.82 Å². The average Bonchev–Trinajstić information content (AvgIpc) is 3.48. The number of nitrogens with one attached hydrogen (secondary N) is 1. The van der Waals surface area contributed by atoms with Crippen molar-refractivity contribution < 1.29 is 9.53 Å². The van der Waals surface area contributed by atoms with Crippen molar-refractivity contribution in [3.05, 3.63) is 84.1 Å². The molecule has 0 aliphatic heterocycles. The van der Waals surface area contributed by atoms with Crippen LogP contribution in [0.3, 0.4) is 0 Å². The standard InChI is InChI=1S/C28H27N7O2/c1-3-16-35(27-23(10-7-15-29-27)28(36)37-4-2)18-19-11-13-24-20(17-19)12-14-25(30-24)21-8-5-6-9-22(21)26-31-33-34-32-26/h5-15,17H,3-4,16,18H2,1-2H3,(H,31,32,33,34). The van der Waals surface area contributed by atoms with Gasteiger partial charge in [0, 0.05) is 35.8 Å². The van der Waals surface area contributed by atoms with E-state index in [1.165, 1.54) is 0 Å². The molecular weight excluding hydrogens is 466 g/mol. The largest absolute Gasteiger partial charge is 0.462 e. The second kappa shape index (κ2) is 10.9. The molecule has 5 rings (SSSR count). The zero-order chi connectivity index (χ0) is 25.6. The highest BCUT2D eigenvalue weighted by Gasteiger charge is 2.19. The fourth-order valence-electron chi connectivity index (χ4n) is 4.37. The molecule has 0 fully saturated rings. The predicted molar refractivity (Wildman–Crippen MR) is 142 cm³/mol. The summed E-state index contributed by atoms with van der Waals surface area (Å²) >= 11 is 0. The number of pyridine rings is 2. The van der Waals surface area contributed by atoms with Crippen LogP contribution in [0.2, 0.25) is 0 Å². The third-order valence-corrected chi connectivity index (χ3v) is 5.99. The quantitative estimate of drug-likeness (QED) is 0.283. The van der Waals surface area contributed by atoms with Crippen LogP contribution in [0.4, 0.5) is 5.82 Å². The summed E-state index contributed by atoms with van der Waals surface area (Å²) < 4.78 is 5.26. The molecule has 0 saturated carbocycles. The molecule has 0 spiro atoms. The van der Waals surface area contributed by atoms with Crippen LogP contribution in [0.5, 0.6) is 0 Å². The third kappa shape index (κ3) is 5.16. The van der Waals surface area contributed by atoms with Gasteiger partial charge in [-0.25, -0.2) is 14.8 Å². The van der Waals surface area contributed by atoms with Crippen LogP contribution in [0, 0.1) is 0 Å². The maximum Gasteiger partial charge on any atom is 0.341 e. The topological polar surface area (TPSA) is 110 Å². The fraction of sp³-hybridized carbons (Fsp3) is 0.214. The van der Waals surface area contributed by atoms with Crippen LogP contribution in [0.1, 0.15) is 36.2 Å². The van der Waals surface area contributed by atoms with Crippen molar-refractivity contribution in [1.29, 1.82) is 0 Å². The van der Waals surface area contributed by atoms with Crippen molar-refractivity contribution in [3.8, 4) is 22.6 Å². The summed E-state index contributed by atoms with van der Waals surface area (Å²) in [6, 6.07) is 21.7. The molecule has 3 aromatic heterocycles. The van der Waals surface area contributed by atoms with E-state index in [2.05, 4.69) is 55.6 Å². The number of carbonyl (C=O) groups is 1. The Kier molecular flexibility index (Phi) is 7.12. The molecule has 186 valence electrons. The van der Waals surface area contributed by atoms with Gasteiger partial charge in [0.05, 0.1) is 17.8 Å². The van der Waals surface area contributed by atoms with Gasteiger partial charge in [0.15, 0.2) is 0 Å². The summed E-state index contributed by atoms with van der Waals surface area (Å²) in [5.74, 6) is 0.804. The molecule has 5 aromatic rings. The molecule has 0 atom stereocenters. The van der Waals surface area contributed by atoms with Crippen LogP contribution < -0.4 is 4.90 Å². The number of aromatic amines is 1. The molecule has 0 amide bonds. The van der Waals surface area contributed by atoms with Gasteiger partial charge in [-0.2, -0.15) is 5.21 Å². The lowest BCUT2D eigenvalue weighted by Crippen LogP contribution is -2.27. The molecule has 0 radical (unpaired) electrons. The van der Waals surface area contributed by atoms with E-state index in [-0.39, 0.29) is 5.97 Å². The average molecular weight is 494 g/mol. The first-order chi connectivity index (χ1) is 18.2. The van der Waals surface area contributed by atoms with E-state index in [9.17, 15) is 4.79 Å². The monoisotopic (exact) mass is 493 g/mol. The number of H-pyrrole nitrogens is 1. The number of esters is 1. The number of anilines is 1. The van der Waals surface area contributed by atoms with E-state index < -0.39 is 0 Å². The first kappa shape index (κ1) is 24.1. The highest BCUT2D eigenvalue weighted by Crippen LogP contribution is 2.30. The minimum absolute atomic E-state index is 0.320. The molecule has 0 aliphatic carbocycles. The lowest BCUT2D eigenvalue weighted by molar-refractivity contribution is 0.0526. The zero-order valence-electron chi connectivity index (χ0n) is 20.8. The van der Waals surface area contributed by atoms with Crippen molar-refractivity contribution in [2.24, 2.45) is 0 Å². The van der Waals surface area contributed by atoms with Gasteiger partial charge < -0.3 is 9.64 Å². The maximum absolute atomic E-state index is 12.5. The van der Waals surface area contributed by atoms with Gasteiger partial charge >= 0.3 is 5.97 Å². The molecule has 2 aromatic carbocycles. The predicted octanol–water partition coefficient (Wildman–Crippen LogP) is 5.07. The highest BCUT2D eigenvalue weighted by atomic mass is 16.5. The molecule has 9 nitrogen and oxygen atoms in total. The number of hydrogen-bond donors (Lipinski definition) is 1. The Morgan fingerprint density at radius 3 is 2.65 bits per heavy atom. The van der Waals surface area contributed by atoms with Crippen LogP contribution in [-0.4, -0.2) is 49.7 Å². The smallest absolute Gasteiger partial charge is 0.341 e. The summed E-state index contributed by atoms with van der Waals surface area (Å²) in [5, 5.41) is 15.5. The molecule has 37 heavy (non-hydrogen) atoms. The van der Waals surface area contributed by atoms with Gasteiger partial charge in [0.1, 0.15) is 11.4 Å². The Hall–Kier alpha value is -4.66. The molecule has 0 aliphatic rings. The van der Waals surface area contributed by atoms with E-state index in [0.717, 1.165) is 46.3 Å². The second-order valence-electron chi connectivity index (χ2n) is 8.52. The SMILES string of the molecule is CCCN(Cc1ccc2nc(-c3ccccc3-c3nn[nH]n3)ccc2c1)c1ncccc1C(=O)OCC. The summed E-state index contributed by atoms with van der Waals surface area (Å²) in [4.78, 5) is 24.1. The first-order valence-electron chi connectivity index (χ1n) is 12.3. The van der Waals surface area contributed by atoms with Crippen LogP contribution >= 0.6 is 0 Å². The first-order valence-corrected chi connectivity index (χ1v) is 12.3. The molecule has 1 N–H and O–H groups in total. The Morgan fingerprint density at radius 1 is 1.00 bits per heavy atom. The Labute approximate surface area is 214 Å². The second-order valence-corrected chi connectivity index (χ2v) is 8.52. The molecule has 0 unspecified atom stereocenters. The van der Waals surface area contributed by atoms with Gasteiger partial charge in [-0.3, -0.25) is 0 Å². The molecule has 0 bridgehead atoms. The van der Waals surface area contributed by atoms with Crippen LogP contribution in [-0.2, 0) is 11.3 Å². The van der Waals surface area contributed by atoms with Crippen molar-refractivity contribution in [2.45, 2.75) is 26.8 Å². The third-order valence-electron chi connectivity index (χ3n) is 5.99. The van der Waals surface area contributed by atoms with Crippen LogP contribution in [0.25, 0.3) is 33.5 Å². The highest BCUT2D eigenvalue weighted by molar-refractivity contribution is 5.94. The number of ether oxygens (including phenoxy) is 1. The fourth-order valence-corrected chi connectivity index (χ4v) is 4.37. The number of carbonyl (C=O) groups excluding carboxylic acids is 1. The van der Waals surface area contributed by atoms with E-state index >= 15 is 0 Å². The zero-order valence-corrected chi connectivity index (χ0v) is 20.8. The number of hydrogen-bond acceptors (Lipinski definition) is 8. The number of nitrogens with zero attached hydrogens (tertiary/aromatic N) is 6. The Balaban J connectivity index is 1.45. The number of benzene rings is 2. The van der Waals surface area contributed by atoms with Crippen molar-refractivity contribution in [2.75, 3.05) is 18.1 Å². The molecule has 3 heterocycles. The molecule has 0 saturated heterocycles.